The van der Waals surface area contributed by atoms with E-state index < -0.39 is 0 Å². The van der Waals surface area contributed by atoms with Gasteiger partial charge in [0.05, 0.1) is 0 Å². The summed E-state index contributed by atoms with van der Waals surface area (Å²) >= 11 is 0. The second kappa shape index (κ2) is 6.67. The number of hydrogen-bond donors (Lipinski definition) is 1. The number of rotatable bonds is 4. The van der Waals surface area contributed by atoms with E-state index in [-0.39, 0.29) is 6.04 Å². The molecule has 2 unspecified atom stereocenters. The molecule has 0 radical (unpaired) electrons. The lowest BCUT2D eigenvalue weighted by molar-refractivity contribution is 0.173. The van der Waals surface area contributed by atoms with E-state index in [1.165, 1.54) is 31.2 Å². The lowest BCUT2D eigenvalue weighted by Crippen LogP contribution is -2.34. The predicted molar refractivity (Wildman–Crippen MR) is 83.6 cm³/mol. The third-order valence-electron chi connectivity index (χ3n) is 4.91. The van der Waals surface area contributed by atoms with Gasteiger partial charge in [-0.15, -0.1) is 0 Å². The first-order valence-corrected chi connectivity index (χ1v) is 8.15. The Balaban J connectivity index is 1.75. The van der Waals surface area contributed by atoms with E-state index in [1.807, 2.05) is 6.07 Å². The second-order valence-electron chi connectivity index (χ2n) is 6.11. The molecule has 1 aromatic carbocycles. The average Bonchev–Trinajstić information content (AvgIpc) is 2.85. The first kappa shape index (κ1) is 14.7. The largest absolute Gasteiger partial charge is 0.454 e. The fourth-order valence-electron chi connectivity index (χ4n) is 3.52. The highest BCUT2D eigenvalue weighted by Gasteiger charge is 2.24. The maximum absolute atomic E-state index is 6.09. The molecule has 3 rings (SSSR count). The van der Waals surface area contributed by atoms with Crippen LogP contribution in [-0.2, 0) is 0 Å². The molecule has 116 valence electrons. The number of nitrogens with two attached hydrogens (primary N) is 1. The summed E-state index contributed by atoms with van der Waals surface area (Å²) in [6.45, 7) is 5.57. The lowest BCUT2D eigenvalue weighted by Gasteiger charge is -2.30. The summed E-state index contributed by atoms with van der Waals surface area (Å²) < 4.78 is 10.9. The number of nitrogens with zero attached hydrogens (tertiary/aromatic N) is 1. The number of ether oxygens (including phenoxy) is 2. The maximum atomic E-state index is 6.09. The maximum Gasteiger partial charge on any atom is 0.231 e. The highest BCUT2D eigenvalue weighted by Crippen LogP contribution is 2.36. The van der Waals surface area contributed by atoms with Gasteiger partial charge in [-0.1, -0.05) is 19.4 Å². The summed E-state index contributed by atoms with van der Waals surface area (Å²) in [5.41, 5.74) is 7.33. The van der Waals surface area contributed by atoms with Crippen LogP contribution in [0.25, 0.3) is 0 Å². The van der Waals surface area contributed by atoms with Gasteiger partial charge >= 0.3 is 0 Å². The van der Waals surface area contributed by atoms with Gasteiger partial charge < -0.3 is 15.2 Å². The predicted octanol–water partition coefficient (Wildman–Crippen LogP) is 2.93. The molecule has 4 nitrogen and oxygen atoms in total. The summed E-state index contributed by atoms with van der Waals surface area (Å²) in [4.78, 5) is 2.55. The molecule has 0 bridgehead atoms. The Kier molecular flexibility index (Phi) is 4.66. The van der Waals surface area contributed by atoms with Crippen molar-refractivity contribution in [2.45, 2.75) is 38.6 Å². The Morgan fingerprint density at radius 1 is 1.24 bits per heavy atom. The third-order valence-corrected chi connectivity index (χ3v) is 4.91. The van der Waals surface area contributed by atoms with E-state index >= 15 is 0 Å². The van der Waals surface area contributed by atoms with E-state index in [0.717, 1.165) is 30.5 Å². The summed E-state index contributed by atoms with van der Waals surface area (Å²) in [7, 11) is 0. The van der Waals surface area contributed by atoms with E-state index in [1.54, 1.807) is 0 Å². The van der Waals surface area contributed by atoms with Gasteiger partial charge in [-0.05, 0) is 56.0 Å². The second-order valence-corrected chi connectivity index (χ2v) is 6.11. The fourth-order valence-corrected chi connectivity index (χ4v) is 3.52. The van der Waals surface area contributed by atoms with Crippen LogP contribution in [0.4, 0.5) is 0 Å². The van der Waals surface area contributed by atoms with Crippen molar-refractivity contribution >= 4 is 0 Å². The molecule has 0 aromatic heterocycles. The SMILES string of the molecule is CCC1CCCN(C(CN)c2ccc3c(c2)OCO3)CC1. The molecule has 0 aliphatic carbocycles. The van der Waals surface area contributed by atoms with Crippen molar-refractivity contribution in [2.24, 2.45) is 11.7 Å². The normalized spacial score (nSPS) is 23.8. The molecule has 2 aliphatic rings. The van der Waals surface area contributed by atoms with Crippen LogP contribution in [0, 0.1) is 5.92 Å². The zero-order valence-corrected chi connectivity index (χ0v) is 12.9. The lowest BCUT2D eigenvalue weighted by atomic mass is 9.98. The standard InChI is InChI=1S/C17H26N2O2/c1-2-13-4-3-8-19(9-7-13)15(11-18)14-5-6-16-17(10-14)21-12-20-16/h5-6,10,13,15H,2-4,7-9,11-12,18H2,1H3. The molecule has 2 N–H and O–H groups in total. The highest BCUT2D eigenvalue weighted by molar-refractivity contribution is 5.45. The first-order valence-electron chi connectivity index (χ1n) is 8.15. The zero-order chi connectivity index (χ0) is 14.7. The first-order chi connectivity index (χ1) is 10.3. The molecule has 4 heteroatoms. The molecule has 0 spiro atoms. The summed E-state index contributed by atoms with van der Waals surface area (Å²) in [5, 5.41) is 0. The van der Waals surface area contributed by atoms with Crippen molar-refractivity contribution in [3.63, 3.8) is 0 Å². The molecule has 2 heterocycles. The van der Waals surface area contributed by atoms with Crippen LogP contribution in [0.15, 0.2) is 18.2 Å². The number of benzene rings is 1. The molecular weight excluding hydrogens is 264 g/mol. The third kappa shape index (κ3) is 3.16. The van der Waals surface area contributed by atoms with Crippen LogP contribution in [-0.4, -0.2) is 31.3 Å². The molecule has 2 atom stereocenters. The molecule has 1 fully saturated rings. The summed E-state index contributed by atoms with van der Waals surface area (Å²) in [6, 6.07) is 6.53. The zero-order valence-electron chi connectivity index (χ0n) is 12.9. The van der Waals surface area contributed by atoms with Crippen molar-refractivity contribution in [1.29, 1.82) is 0 Å². The Hall–Kier alpha value is -1.26. The van der Waals surface area contributed by atoms with Crippen molar-refractivity contribution < 1.29 is 9.47 Å². The minimum absolute atomic E-state index is 0.287. The summed E-state index contributed by atoms with van der Waals surface area (Å²) in [5.74, 6) is 2.58. The van der Waals surface area contributed by atoms with Crippen molar-refractivity contribution in [1.82, 2.24) is 4.90 Å². The van der Waals surface area contributed by atoms with Crippen molar-refractivity contribution in [2.75, 3.05) is 26.4 Å². The average molecular weight is 290 g/mol. The van der Waals surface area contributed by atoms with Gasteiger partial charge in [0.25, 0.3) is 0 Å². The number of likely N-dealkylation sites (tertiary alicyclic amines) is 1. The molecule has 0 amide bonds. The molecule has 0 saturated carbocycles. The van der Waals surface area contributed by atoms with E-state index in [4.69, 9.17) is 15.2 Å². The van der Waals surface area contributed by atoms with Gasteiger partial charge in [0, 0.05) is 12.6 Å². The monoisotopic (exact) mass is 290 g/mol. The molecular formula is C17H26N2O2. The van der Waals surface area contributed by atoms with Gasteiger partial charge in [0.15, 0.2) is 11.5 Å². The van der Waals surface area contributed by atoms with Crippen LogP contribution in [0.2, 0.25) is 0 Å². The van der Waals surface area contributed by atoms with Gasteiger partial charge in [0.1, 0.15) is 0 Å². The van der Waals surface area contributed by atoms with E-state index in [0.29, 0.717) is 13.3 Å². The Morgan fingerprint density at radius 2 is 2.10 bits per heavy atom. The van der Waals surface area contributed by atoms with Gasteiger partial charge in [-0.2, -0.15) is 0 Å². The minimum Gasteiger partial charge on any atom is -0.454 e. The molecule has 1 aromatic rings. The smallest absolute Gasteiger partial charge is 0.231 e. The molecule has 2 aliphatic heterocycles. The van der Waals surface area contributed by atoms with Crippen molar-refractivity contribution in [3.05, 3.63) is 23.8 Å². The van der Waals surface area contributed by atoms with Crippen LogP contribution in [0.1, 0.15) is 44.2 Å². The van der Waals surface area contributed by atoms with E-state index in [9.17, 15) is 0 Å². The van der Waals surface area contributed by atoms with Gasteiger partial charge in [-0.3, -0.25) is 4.90 Å². The Labute approximate surface area is 127 Å². The Morgan fingerprint density at radius 3 is 2.90 bits per heavy atom. The van der Waals surface area contributed by atoms with Crippen LogP contribution < -0.4 is 15.2 Å². The van der Waals surface area contributed by atoms with Crippen LogP contribution in [0.3, 0.4) is 0 Å². The number of hydrogen-bond acceptors (Lipinski definition) is 4. The van der Waals surface area contributed by atoms with Crippen LogP contribution >= 0.6 is 0 Å². The molecule has 1 saturated heterocycles. The van der Waals surface area contributed by atoms with E-state index in [2.05, 4.69) is 24.0 Å². The van der Waals surface area contributed by atoms with Gasteiger partial charge in [-0.25, -0.2) is 0 Å². The highest BCUT2D eigenvalue weighted by atomic mass is 16.7. The Bertz CT molecular complexity index is 478. The number of fused-ring (bicyclic) bond motifs is 1. The fraction of sp³-hybridized carbons (Fsp3) is 0.647. The summed E-state index contributed by atoms with van der Waals surface area (Å²) in [6.07, 6.45) is 5.22. The van der Waals surface area contributed by atoms with Crippen molar-refractivity contribution in [3.8, 4) is 11.5 Å². The van der Waals surface area contributed by atoms with Gasteiger partial charge in [0.2, 0.25) is 6.79 Å². The quantitative estimate of drug-likeness (QED) is 0.926. The molecule has 21 heavy (non-hydrogen) atoms. The topological polar surface area (TPSA) is 47.7 Å². The minimum atomic E-state index is 0.287. The van der Waals surface area contributed by atoms with Crippen LogP contribution in [0.5, 0.6) is 11.5 Å².